The first-order valence-electron chi connectivity index (χ1n) is 8.08. The number of benzene rings is 2. The number of nitrogens with one attached hydrogen (secondary N) is 1. The van der Waals surface area contributed by atoms with Gasteiger partial charge in [-0.2, -0.15) is 0 Å². The monoisotopic (exact) mass is 356 g/mol. The summed E-state index contributed by atoms with van der Waals surface area (Å²) in [5, 5.41) is 15.7. The van der Waals surface area contributed by atoms with Gasteiger partial charge >= 0.3 is 5.97 Å². The number of hydrogen-bond acceptors (Lipinski definition) is 4. The standard InChI is InChI=1S/C19H17FN2O4/c20-14-8-6-13(7-9-14)15-11-17(26-22-15)18(23)21-16(19(24)25)10-12-4-2-1-3-5-12/h1-9,16-17H,10-11H2,(H,21,23)(H,24,25)/t16-,17+/m0/s1. The second-order valence-corrected chi connectivity index (χ2v) is 5.93. The molecule has 2 aromatic rings. The molecule has 2 N–H and O–H groups in total. The van der Waals surface area contributed by atoms with Gasteiger partial charge in [-0.25, -0.2) is 9.18 Å². The van der Waals surface area contributed by atoms with Crippen molar-refractivity contribution in [2.75, 3.05) is 0 Å². The summed E-state index contributed by atoms with van der Waals surface area (Å²) in [6, 6.07) is 13.7. The van der Waals surface area contributed by atoms with Crippen LogP contribution in [0.3, 0.4) is 0 Å². The van der Waals surface area contributed by atoms with E-state index < -0.39 is 24.0 Å². The highest BCUT2D eigenvalue weighted by Crippen LogP contribution is 2.17. The van der Waals surface area contributed by atoms with Crippen LogP contribution >= 0.6 is 0 Å². The SMILES string of the molecule is O=C(O)[C@H](Cc1ccccc1)NC(=O)[C@H]1CC(c2ccc(F)cc2)=NO1. The zero-order chi connectivity index (χ0) is 18.5. The molecule has 1 aliphatic heterocycles. The van der Waals surface area contributed by atoms with Crippen molar-refractivity contribution in [3.63, 3.8) is 0 Å². The van der Waals surface area contributed by atoms with E-state index in [9.17, 15) is 19.1 Å². The minimum absolute atomic E-state index is 0.167. The summed E-state index contributed by atoms with van der Waals surface area (Å²) in [6.45, 7) is 0. The van der Waals surface area contributed by atoms with E-state index in [2.05, 4.69) is 10.5 Å². The smallest absolute Gasteiger partial charge is 0.326 e. The minimum atomic E-state index is -1.13. The summed E-state index contributed by atoms with van der Waals surface area (Å²) in [6.07, 6.45) is -0.553. The number of carbonyl (C=O) groups excluding carboxylic acids is 1. The Morgan fingerprint density at radius 2 is 1.88 bits per heavy atom. The Hall–Kier alpha value is -3.22. The van der Waals surface area contributed by atoms with E-state index in [1.54, 1.807) is 36.4 Å². The Morgan fingerprint density at radius 1 is 1.19 bits per heavy atom. The number of carboxylic acids is 1. The summed E-state index contributed by atoms with van der Waals surface area (Å²) >= 11 is 0. The van der Waals surface area contributed by atoms with Gasteiger partial charge in [0.2, 0.25) is 6.10 Å². The van der Waals surface area contributed by atoms with Crippen molar-refractivity contribution in [3.05, 3.63) is 71.5 Å². The number of amides is 1. The number of carbonyl (C=O) groups is 2. The quantitative estimate of drug-likeness (QED) is 0.830. The lowest BCUT2D eigenvalue weighted by atomic mass is 10.0. The van der Waals surface area contributed by atoms with Crippen LogP contribution < -0.4 is 5.32 Å². The van der Waals surface area contributed by atoms with Gasteiger partial charge in [0, 0.05) is 12.8 Å². The van der Waals surface area contributed by atoms with E-state index >= 15 is 0 Å². The summed E-state index contributed by atoms with van der Waals surface area (Å²) < 4.78 is 13.0. The molecule has 0 fully saturated rings. The fourth-order valence-corrected chi connectivity index (χ4v) is 2.65. The fourth-order valence-electron chi connectivity index (χ4n) is 2.65. The molecular formula is C19H17FN2O4. The molecule has 1 aliphatic rings. The number of rotatable bonds is 6. The van der Waals surface area contributed by atoms with Crippen molar-refractivity contribution < 1.29 is 23.9 Å². The lowest BCUT2D eigenvalue weighted by molar-refractivity contribution is -0.143. The molecule has 0 bridgehead atoms. The number of oxime groups is 1. The maximum absolute atomic E-state index is 13.0. The summed E-state index contributed by atoms with van der Waals surface area (Å²) in [5.74, 6) is -2.04. The molecule has 1 heterocycles. The predicted octanol–water partition coefficient (Wildman–Crippen LogP) is 2.13. The van der Waals surface area contributed by atoms with Gasteiger partial charge in [0.25, 0.3) is 5.91 Å². The minimum Gasteiger partial charge on any atom is -0.480 e. The van der Waals surface area contributed by atoms with Gasteiger partial charge in [-0.1, -0.05) is 47.6 Å². The highest BCUT2D eigenvalue weighted by atomic mass is 19.1. The van der Waals surface area contributed by atoms with Crippen molar-refractivity contribution in [3.8, 4) is 0 Å². The Bertz CT molecular complexity index is 821. The molecular weight excluding hydrogens is 339 g/mol. The molecule has 0 spiro atoms. The van der Waals surface area contributed by atoms with Gasteiger partial charge in [0.05, 0.1) is 5.71 Å². The lowest BCUT2D eigenvalue weighted by Crippen LogP contribution is -2.46. The van der Waals surface area contributed by atoms with Crippen molar-refractivity contribution in [2.45, 2.75) is 25.0 Å². The molecule has 1 amide bonds. The molecule has 2 atom stereocenters. The van der Waals surface area contributed by atoms with Crippen LogP contribution in [-0.2, 0) is 20.8 Å². The largest absolute Gasteiger partial charge is 0.480 e. The molecule has 6 nitrogen and oxygen atoms in total. The molecule has 7 heteroatoms. The Kier molecular flexibility index (Phi) is 5.26. The maximum atomic E-state index is 13.0. The average Bonchev–Trinajstić information content (AvgIpc) is 3.13. The van der Waals surface area contributed by atoms with Crippen LogP contribution in [0.15, 0.2) is 59.8 Å². The van der Waals surface area contributed by atoms with Gasteiger partial charge in [-0.05, 0) is 23.3 Å². The first-order valence-corrected chi connectivity index (χ1v) is 8.08. The van der Waals surface area contributed by atoms with Crippen LogP contribution in [0.25, 0.3) is 0 Å². The van der Waals surface area contributed by atoms with E-state index in [-0.39, 0.29) is 18.7 Å². The third kappa shape index (κ3) is 4.24. The van der Waals surface area contributed by atoms with E-state index in [4.69, 9.17) is 4.84 Å². The van der Waals surface area contributed by atoms with Gasteiger partial charge in [0.1, 0.15) is 11.9 Å². The average molecular weight is 356 g/mol. The van der Waals surface area contributed by atoms with Crippen molar-refractivity contribution in [1.82, 2.24) is 5.32 Å². The normalized spacial score (nSPS) is 17.1. The van der Waals surface area contributed by atoms with Gasteiger partial charge in [-0.3, -0.25) is 4.79 Å². The zero-order valence-electron chi connectivity index (χ0n) is 13.8. The topological polar surface area (TPSA) is 88.0 Å². The molecule has 2 aromatic carbocycles. The first-order chi connectivity index (χ1) is 12.5. The van der Waals surface area contributed by atoms with E-state index in [1.807, 2.05) is 6.07 Å². The maximum Gasteiger partial charge on any atom is 0.326 e. The zero-order valence-corrected chi connectivity index (χ0v) is 13.8. The first kappa shape index (κ1) is 17.6. The van der Waals surface area contributed by atoms with Crippen LogP contribution in [0.1, 0.15) is 17.5 Å². The van der Waals surface area contributed by atoms with Gasteiger partial charge < -0.3 is 15.3 Å². The van der Waals surface area contributed by atoms with Crippen molar-refractivity contribution >= 4 is 17.6 Å². The second kappa shape index (κ2) is 7.77. The number of aliphatic carboxylic acids is 1. The summed E-state index contributed by atoms with van der Waals surface area (Å²) in [5.41, 5.74) is 1.97. The molecule has 0 unspecified atom stereocenters. The van der Waals surface area contributed by atoms with Crippen LogP contribution in [0.5, 0.6) is 0 Å². The molecule has 134 valence electrons. The lowest BCUT2D eigenvalue weighted by Gasteiger charge is -2.16. The molecule has 0 saturated heterocycles. The summed E-state index contributed by atoms with van der Waals surface area (Å²) in [4.78, 5) is 28.9. The molecule has 0 radical (unpaired) electrons. The molecule has 0 aliphatic carbocycles. The summed E-state index contributed by atoms with van der Waals surface area (Å²) in [7, 11) is 0. The van der Waals surface area contributed by atoms with Crippen LogP contribution in [0.2, 0.25) is 0 Å². The van der Waals surface area contributed by atoms with Crippen LogP contribution in [0, 0.1) is 5.82 Å². The number of halogens is 1. The molecule has 26 heavy (non-hydrogen) atoms. The van der Waals surface area contributed by atoms with E-state index in [0.717, 1.165) is 5.56 Å². The fraction of sp³-hybridized carbons (Fsp3) is 0.211. The van der Waals surface area contributed by atoms with Crippen LogP contribution in [-0.4, -0.2) is 34.8 Å². The highest BCUT2D eigenvalue weighted by molar-refractivity contribution is 6.04. The Morgan fingerprint density at radius 3 is 2.54 bits per heavy atom. The molecule has 0 aromatic heterocycles. The van der Waals surface area contributed by atoms with Crippen molar-refractivity contribution in [1.29, 1.82) is 0 Å². The third-order valence-corrected chi connectivity index (χ3v) is 4.04. The molecule has 3 rings (SSSR count). The van der Waals surface area contributed by atoms with Crippen LogP contribution in [0.4, 0.5) is 4.39 Å². The van der Waals surface area contributed by atoms with E-state index in [1.165, 1.54) is 12.1 Å². The predicted molar refractivity (Wildman–Crippen MR) is 92.1 cm³/mol. The second-order valence-electron chi connectivity index (χ2n) is 5.93. The number of nitrogens with zero attached hydrogens (tertiary/aromatic N) is 1. The Labute approximate surface area is 149 Å². The highest BCUT2D eigenvalue weighted by Gasteiger charge is 2.32. The molecule has 0 saturated carbocycles. The van der Waals surface area contributed by atoms with Gasteiger partial charge in [0.15, 0.2) is 0 Å². The van der Waals surface area contributed by atoms with Crippen molar-refractivity contribution in [2.24, 2.45) is 5.16 Å². The van der Waals surface area contributed by atoms with E-state index in [0.29, 0.717) is 11.3 Å². The third-order valence-electron chi connectivity index (χ3n) is 4.04. The Balaban J connectivity index is 1.60. The number of carboxylic acid groups (broad SMARTS) is 1. The van der Waals surface area contributed by atoms with Gasteiger partial charge in [-0.15, -0.1) is 0 Å². The number of hydrogen-bond donors (Lipinski definition) is 2.